The highest BCUT2D eigenvalue weighted by atomic mass is 16.6. The summed E-state index contributed by atoms with van der Waals surface area (Å²) in [6.45, 7) is 8.79. The van der Waals surface area contributed by atoms with Crippen LogP contribution >= 0.6 is 0 Å². The van der Waals surface area contributed by atoms with Gasteiger partial charge in [-0.25, -0.2) is 14.4 Å². The molecule has 3 amide bonds. The summed E-state index contributed by atoms with van der Waals surface area (Å²) in [5, 5.41) is 37.3. The van der Waals surface area contributed by atoms with E-state index in [1.54, 1.807) is 13.8 Å². The molecule has 5 N–H and O–H groups in total. The zero-order valence-corrected chi connectivity index (χ0v) is 36.4. The van der Waals surface area contributed by atoms with Crippen LogP contribution in [-0.4, -0.2) is 121 Å². The van der Waals surface area contributed by atoms with E-state index < -0.39 is 55.1 Å². The molecule has 338 valence electrons. The Labute approximate surface area is 348 Å². The lowest BCUT2D eigenvalue weighted by Crippen LogP contribution is -2.53. The van der Waals surface area contributed by atoms with Gasteiger partial charge in [-0.2, -0.15) is 0 Å². The first kappa shape index (κ1) is 54.6. The van der Waals surface area contributed by atoms with E-state index in [9.17, 15) is 39.3 Å². The van der Waals surface area contributed by atoms with Crippen LogP contribution in [-0.2, 0) is 33.3 Å². The molecule has 0 bridgehead atoms. The van der Waals surface area contributed by atoms with Crippen LogP contribution in [0.4, 0.5) is 9.59 Å². The second kappa shape index (κ2) is 35.5. The second-order valence-corrected chi connectivity index (χ2v) is 15.6. The highest BCUT2D eigenvalue weighted by Gasteiger charge is 2.37. The van der Waals surface area contributed by atoms with E-state index in [0.29, 0.717) is 6.42 Å². The number of hydrogen-bond donors (Lipinski definition) is 5. The third-order valence-corrected chi connectivity index (χ3v) is 9.66. The van der Waals surface area contributed by atoms with Crippen molar-refractivity contribution in [2.45, 2.75) is 181 Å². The van der Waals surface area contributed by atoms with E-state index in [1.807, 2.05) is 0 Å². The van der Waals surface area contributed by atoms with E-state index in [0.717, 1.165) is 19.3 Å². The molecule has 0 spiro atoms. The summed E-state index contributed by atoms with van der Waals surface area (Å²) in [5.74, 6) is -1.72. The van der Waals surface area contributed by atoms with Crippen molar-refractivity contribution in [1.29, 1.82) is 0 Å². The average molecular weight is 830 g/mol. The molecule has 15 heteroatoms. The third kappa shape index (κ3) is 29.7. The van der Waals surface area contributed by atoms with E-state index in [2.05, 4.69) is 24.1 Å². The van der Waals surface area contributed by atoms with Crippen LogP contribution in [0.2, 0.25) is 0 Å². The number of hydrogen-bond acceptors (Lipinski definition) is 12. The number of nitrogens with zero attached hydrogens (tertiary/aromatic N) is 1. The highest BCUT2D eigenvalue weighted by Crippen LogP contribution is 2.16. The smallest absolute Gasteiger partial charge is 0.407 e. The monoisotopic (exact) mass is 830 g/mol. The van der Waals surface area contributed by atoms with Crippen molar-refractivity contribution in [3.05, 3.63) is 12.2 Å². The molecule has 4 unspecified atom stereocenters. The first-order chi connectivity index (χ1) is 27.7. The van der Waals surface area contributed by atoms with Crippen LogP contribution in [0.5, 0.6) is 0 Å². The minimum Gasteiger partial charge on any atom is -0.464 e. The lowest BCUT2D eigenvalue weighted by Gasteiger charge is -2.31. The van der Waals surface area contributed by atoms with Crippen molar-refractivity contribution in [2.75, 3.05) is 46.5 Å². The zero-order chi connectivity index (χ0) is 43.6. The van der Waals surface area contributed by atoms with Crippen molar-refractivity contribution in [2.24, 2.45) is 5.92 Å². The first-order valence-corrected chi connectivity index (χ1v) is 21.8. The molecule has 0 saturated heterocycles. The van der Waals surface area contributed by atoms with E-state index in [4.69, 9.17) is 18.9 Å². The summed E-state index contributed by atoms with van der Waals surface area (Å²) < 4.78 is 20.0. The molecule has 0 aromatic heterocycles. The molecule has 58 heavy (non-hydrogen) atoms. The quantitative estimate of drug-likeness (QED) is 0.0199. The Hall–Kier alpha value is -3.43. The van der Waals surface area contributed by atoms with Crippen molar-refractivity contribution in [1.82, 2.24) is 15.5 Å². The molecule has 0 aromatic rings. The Morgan fingerprint density at radius 1 is 0.638 bits per heavy atom. The number of carbonyl (C=O) groups excluding carboxylic acids is 5. The molecule has 0 rings (SSSR count). The molecular weight excluding hydrogens is 750 g/mol. The van der Waals surface area contributed by atoms with Gasteiger partial charge in [0.1, 0.15) is 38.1 Å². The number of ether oxygens (including phenoxy) is 4. The van der Waals surface area contributed by atoms with Gasteiger partial charge < -0.3 is 49.8 Å². The van der Waals surface area contributed by atoms with Crippen molar-refractivity contribution >= 4 is 30.0 Å². The van der Waals surface area contributed by atoms with E-state index >= 15 is 0 Å². The Morgan fingerprint density at radius 2 is 1.09 bits per heavy atom. The Balaban J connectivity index is 4.62. The molecule has 4 atom stereocenters. The summed E-state index contributed by atoms with van der Waals surface area (Å²) >= 11 is 0. The number of carbonyl (C=O) groups is 5. The van der Waals surface area contributed by atoms with Crippen LogP contribution in [0.1, 0.15) is 156 Å². The number of likely N-dealkylation sites (N-methyl/N-ethyl adjacent to an activating group) is 1. The minimum absolute atomic E-state index is 0.112. The average Bonchev–Trinajstić information content (AvgIpc) is 3.19. The molecule has 15 nitrogen and oxygen atoms in total. The van der Waals surface area contributed by atoms with Gasteiger partial charge in [0.25, 0.3) is 0 Å². The SMILES string of the molecule is C=C(C)C(=O)OCCNC(=O)OCC(O)C(OC(=O)NCCOC(=O)C(C)C)C(O)C(O)CN(C)C(=O)CCCCCCCCCCCCCCCCCCCCC. The number of aliphatic hydroxyl groups is 3. The Bertz CT molecular complexity index is 1140. The molecule has 0 aliphatic heterocycles. The summed E-state index contributed by atoms with van der Waals surface area (Å²) in [4.78, 5) is 61.9. The van der Waals surface area contributed by atoms with Gasteiger partial charge in [-0.15, -0.1) is 0 Å². The number of esters is 2. The van der Waals surface area contributed by atoms with Crippen LogP contribution in [0.15, 0.2) is 12.2 Å². The summed E-state index contributed by atoms with van der Waals surface area (Å²) in [6.07, 6.45) is 14.8. The lowest BCUT2D eigenvalue weighted by atomic mass is 10.0. The van der Waals surface area contributed by atoms with Crippen molar-refractivity contribution in [3.8, 4) is 0 Å². The lowest BCUT2D eigenvalue weighted by molar-refractivity contribution is -0.147. The summed E-state index contributed by atoms with van der Waals surface area (Å²) in [6, 6.07) is 0. The minimum atomic E-state index is -1.90. The van der Waals surface area contributed by atoms with Gasteiger partial charge in [0.2, 0.25) is 5.91 Å². The maximum absolute atomic E-state index is 12.8. The largest absolute Gasteiger partial charge is 0.464 e. The normalized spacial score (nSPS) is 13.2. The molecule has 0 aromatic carbocycles. The van der Waals surface area contributed by atoms with E-state index in [-0.39, 0.29) is 56.7 Å². The van der Waals surface area contributed by atoms with Gasteiger partial charge in [0.15, 0.2) is 6.10 Å². The first-order valence-electron chi connectivity index (χ1n) is 21.8. The van der Waals surface area contributed by atoms with Gasteiger partial charge in [-0.1, -0.05) is 143 Å². The molecule has 0 fully saturated rings. The Kier molecular flexibility index (Phi) is 33.4. The van der Waals surface area contributed by atoms with Gasteiger partial charge >= 0.3 is 24.1 Å². The van der Waals surface area contributed by atoms with Crippen LogP contribution in [0.25, 0.3) is 0 Å². The fraction of sp³-hybridized carbons (Fsp3) is 0.837. The van der Waals surface area contributed by atoms with Crippen molar-refractivity contribution < 1.29 is 58.2 Å². The molecule has 0 radical (unpaired) electrons. The van der Waals surface area contributed by atoms with Gasteiger partial charge in [-0.05, 0) is 13.3 Å². The zero-order valence-electron chi connectivity index (χ0n) is 36.4. The fourth-order valence-corrected chi connectivity index (χ4v) is 5.99. The molecule has 0 aliphatic carbocycles. The number of aliphatic hydroxyl groups excluding tert-OH is 3. The molecule has 0 saturated carbocycles. The predicted octanol–water partition coefficient (Wildman–Crippen LogP) is 6.49. The van der Waals surface area contributed by atoms with Gasteiger partial charge in [0, 0.05) is 25.6 Å². The number of rotatable bonds is 36. The van der Waals surface area contributed by atoms with Gasteiger partial charge in [0.05, 0.1) is 19.0 Å². The molecule has 0 heterocycles. The third-order valence-electron chi connectivity index (χ3n) is 9.66. The number of nitrogens with one attached hydrogen (secondary N) is 2. The molecule has 0 aliphatic rings. The van der Waals surface area contributed by atoms with E-state index in [1.165, 1.54) is 115 Å². The maximum atomic E-state index is 12.8. The number of alkyl carbamates (subject to hydrolysis) is 2. The highest BCUT2D eigenvalue weighted by molar-refractivity contribution is 5.86. The van der Waals surface area contributed by atoms with Crippen LogP contribution in [0, 0.1) is 5.92 Å². The predicted molar refractivity (Wildman–Crippen MR) is 223 cm³/mol. The number of unbranched alkanes of at least 4 members (excludes halogenated alkanes) is 18. The number of amides is 3. The van der Waals surface area contributed by atoms with Crippen LogP contribution in [0.3, 0.4) is 0 Å². The summed E-state index contributed by atoms with van der Waals surface area (Å²) in [5.41, 5.74) is 0.185. The molecular formula is C43H79N3O12. The summed E-state index contributed by atoms with van der Waals surface area (Å²) in [7, 11) is 1.48. The fourth-order valence-electron chi connectivity index (χ4n) is 5.99. The Morgan fingerprint density at radius 3 is 1.55 bits per heavy atom. The standard InChI is InChI=1S/C43H79N3O12/c1-7-8-9-10-11-12-13-14-15-16-17-18-19-20-21-22-23-24-25-26-37(49)46(6)31-35(47)38(50)39(58-43(54)45-28-30-56-41(52)34(4)5)36(48)32-57-42(53)44-27-29-55-40(51)33(2)3/h34-36,38-39,47-48,50H,2,7-32H2,1,3-6H3,(H,44,53)(H,45,54). The van der Waals surface area contributed by atoms with Gasteiger partial charge in [-0.3, -0.25) is 9.59 Å². The van der Waals surface area contributed by atoms with Crippen LogP contribution < -0.4 is 10.6 Å². The van der Waals surface area contributed by atoms with Crippen molar-refractivity contribution in [3.63, 3.8) is 0 Å². The second-order valence-electron chi connectivity index (χ2n) is 15.6. The topological polar surface area (TPSA) is 210 Å². The maximum Gasteiger partial charge on any atom is 0.407 e.